The van der Waals surface area contributed by atoms with Crippen LogP contribution in [0.4, 0.5) is 0 Å². The quantitative estimate of drug-likeness (QED) is 0.104. The number of nitrogens with zero attached hydrogens (tertiary/aromatic N) is 1. The van der Waals surface area contributed by atoms with Crippen molar-refractivity contribution in [2.45, 2.75) is 56.5 Å². The molecule has 0 radical (unpaired) electrons. The molecule has 3 rings (SSSR count). The number of H-pyrrole nitrogens is 2. The van der Waals surface area contributed by atoms with Gasteiger partial charge in [-0.25, -0.2) is 9.78 Å². The Labute approximate surface area is 228 Å². The number of rotatable bonds is 14. The first-order valence-corrected chi connectivity index (χ1v) is 12.3. The fraction of sp³-hybridized carbons (Fsp3) is 0.360. The first-order chi connectivity index (χ1) is 19.0. The number of nitrogens with one attached hydrogen (secondary N) is 5. The summed E-state index contributed by atoms with van der Waals surface area (Å²) in [5.41, 5.74) is 12.6. The summed E-state index contributed by atoms with van der Waals surface area (Å²) in [7, 11) is 0. The molecule has 15 heteroatoms. The number of imidazole rings is 1. The van der Waals surface area contributed by atoms with E-state index in [1.54, 1.807) is 12.3 Å². The van der Waals surface area contributed by atoms with E-state index in [9.17, 15) is 34.2 Å². The number of carbonyl (C=O) groups is 5. The SMILES string of the molecule is CC(O)C(NC(=O)C(N)CC(N)=O)C(=O)NC(Cc1c[nH]c2ccccc12)C(=O)NC(Cc1cnc[nH]1)C(=O)O. The smallest absolute Gasteiger partial charge is 0.326 e. The highest BCUT2D eigenvalue weighted by Gasteiger charge is 2.33. The van der Waals surface area contributed by atoms with E-state index in [1.165, 1.54) is 19.4 Å². The summed E-state index contributed by atoms with van der Waals surface area (Å²) in [6.07, 6.45) is 2.39. The number of benzene rings is 1. The maximum absolute atomic E-state index is 13.4. The van der Waals surface area contributed by atoms with Crippen LogP contribution in [0.15, 0.2) is 43.0 Å². The molecule has 0 saturated heterocycles. The maximum atomic E-state index is 13.4. The molecule has 1 aromatic carbocycles. The Balaban J connectivity index is 1.84. The number of aliphatic hydroxyl groups is 1. The zero-order valence-electron chi connectivity index (χ0n) is 21.6. The van der Waals surface area contributed by atoms with Gasteiger partial charge in [0.05, 0.1) is 24.9 Å². The van der Waals surface area contributed by atoms with Crippen molar-refractivity contribution >= 4 is 40.5 Å². The minimum atomic E-state index is -1.55. The van der Waals surface area contributed by atoms with Crippen molar-refractivity contribution in [3.63, 3.8) is 0 Å². The number of carboxylic acid groups (broad SMARTS) is 1. The van der Waals surface area contributed by atoms with Gasteiger partial charge in [0.15, 0.2) is 0 Å². The number of fused-ring (bicyclic) bond motifs is 1. The molecular formula is C25H32N8O7. The molecule has 0 spiro atoms. The lowest BCUT2D eigenvalue weighted by molar-refractivity contribution is -0.142. The van der Waals surface area contributed by atoms with Gasteiger partial charge in [-0.05, 0) is 18.6 Å². The van der Waals surface area contributed by atoms with Crippen molar-refractivity contribution in [1.29, 1.82) is 0 Å². The minimum Gasteiger partial charge on any atom is -0.480 e. The second-order valence-corrected chi connectivity index (χ2v) is 9.31. The highest BCUT2D eigenvalue weighted by atomic mass is 16.4. The van der Waals surface area contributed by atoms with Gasteiger partial charge < -0.3 is 47.6 Å². The molecule has 214 valence electrons. The molecule has 5 unspecified atom stereocenters. The van der Waals surface area contributed by atoms with E-state index in [-0.39, 0.29) is 12.8 Å². The molecule has 40 heavy (non-hydrogen) atoms. The van der Waals surface area contributed by atoms with Crippen LogP contribution in [-0.4, -0.2) is 85.0 Å². The average Bonchev–Trinajstić information content (AvgIpc) is 3.55. The average molecular weight is 557 g/mol. The number of nitrogens with two attached hydrogens (primary N) is 2. The van der Waals surface area contributed by atoms with Crippen LogP contribution in [0.2, 0.25) is 0 Å². The zero-order valence-corrected chi connectivity index (χ0v) is 21.6. The van der Waals surface area contributed by atoms with E-state index in [0.29, 0.717) is 11.3 Å². The molecule has 15 nitrogen and oxygen atoms in total. The predicted octanol–water partition coefficient (Wildman–Crippen LogP) is -2.20. The molecule has 11 N–H and O–H groups in total. The van der Waals surface area contributed by atoms with Crippen LogP contribution in [0, 0.1) is 0 Å². The molecule has 0 aliphatic rings. The van der Waals surface area contributed by atoms with Crippen molar-refractivity contribution < 1.29 is 34.2 Å². The molecule has 2 aromatic heterocycles. The first-order valence-electron chi connectivity index (χ1n) is 12.3. The molecular weight excluding hydrogens is 524 g/mol. The number of primary amides is 1. The van der Waals surface area contributed by atoms with E-state index in [1.807, 2.05) is 18.2 Å². The molecule has 3 aromatic rings. The standard InChI is InChI=1S/C25H32N8O7/c1-12(34)21(33-22(36)16(26)8-20(27)35)24(38)31-18(6-13-9-29-17-5-3-2-4-15(13)17)23(37)32-19(25(39)40)7-14-10-28-11-30-14/h2-5,9-12,16,18-19,21,29,34H,6-8,26H2,1H3,(H2,27,35)(H,28,30)(H,31,38)(H,32,37)(H,33,36)(H,39,40). The summed E-state index contributed by atoms with van der Waals surface area (Å²) in [6, 6.07) is 1.68. The van der Waals surface area contributed by atoms with E-state index in [2.05, 4.69) is 30.9 Å². The van der Waals surface area contributed by atoms with Crippen molar-refractivity contribution in [2.75, 3.05) is 0 Å². The van der Waals surface area contributed by atoms with Crippen molar-refractivity contribution in [3.8, 4) is 0 Å². The van der Waals surface area contributed by atoms with Gasteiger partial charge in [0, 0.05) is 41.8 Å². The summed E-state index contributed by atoms with van der Waals surface area (Å²) < 4.78 is 0. The number of hydrogen-bond donors (Lipinski definition) is 9. The summed E-state index contributed by atoms with van der Waals surface area (Å²) in [5.74, 6) is -4.80. The third-order valence-electron chi connectivity index (χ3n) is 6.15. The van der Waals surface area contributed by atoms with Gasteiger partial charge in [-0.1, -0.05) is 18.2 Å². The van der Waals surface area contributed by atoms with Gasteiger partial charge >= 0.3 is 5.97 Å². The van der Waals surface area contributed by atoms with E-state index in [4.69, 9.17) is 11.5 Å². The normalized spacial score (nSPS) is 14.9. The third-order valence-corrected chi connectivity index (χ3v) is 6.15. The zero-order chi connectivity index (χ0) is 29.4. The maximum Gasteiger partial charge on any atom is 0.326 e. The molecule has 2 heterocycles. The number of aromatic nitrogens is 3. The number of aliphatic carboxylic acids is 1. The largest absolute Gasteiger partial charge is 0.480 e. The number of aliphatic hydroxyl groups excluding tert-OH is 1. The fourth-order valence-electron chi connectivity index (χ4n) is 4.05. The summed E-state index contributed by atoms with van der Waals surface area (Å²) in [6.45, 7) is 1.24. The lowest BCUT2D eigenvalue weighted by Crippen LogP contribution is -2.60. The van der Waals surface area contributed by atoms with Gasteiger partial charge in [0.2, 0.25) is 23.6 Å². The molecule has 0 saturated carbocycles. The van der Waals surface area contributed by atoms with Gasteiger partial charge in [0.1, 0.15) is 18.1 Å². The van der Waals surface area contributed by atoms with Crippen molar-refractivity contribution in [1.82, 2.24) is 30.9 Å². The summed E-state index contributed by atoms with van der Waals surface area (Å²) >= 11 is 0. The molecule has 0 aliphatic heterocycles. The van der Waals surface area contributed by atoms with Gasteiger partial charge in [-0.2, -0.15) is 0 Å². The minimum absolute atomic E-state index is 0.0559. The van der Waals surface area contributed by atoms with Crippen molar-refractivity contribution in [2.24, 2.45) is 11.5 Å². The number of para-hydroxylation sites is 1. The Bertz CT molecular complexity index is 1350. The second kappa shape index (κ2) is 13.3. The van der Waals surface area contributed by atoms with Crippen molar-refractivity contribution in [3.05, 3.63) is 54.2 Å². The van der Waals surface area contributed by atoms with Gasteiger partial charge in [-0.15, -0.1) is 0 Å². The highest BCUT2D eigenvalue weighted by molar-refractivity contribution is 5.96. The van der Waals surface area contributed by atoms with Gasteiger partial charge in [-0.3, -0.25) is 19.2 Å². The summed E-state index contributed by atoms with van der Waals surface area (Å²) in [5, 5.41) is 27.9. The summed E-state index contributed by atoms with van der Waals surface area (Å²) in [4.78, 5) is 71.7. The van der Waals surface area contributed by atoms with E-state index >= 15 is 0 Å². The molecule has 0 bridgehead atoms. The van der Waals surface area contributed by atoms with E-state index < -0.39 is 66.3 Å². The molecule has 0 aliphatic carbocycles. The predicted molar refractivity (Wildman–Crippen MR) is 141 cm³/mol. The lowest BCUT2D eigenvalue weighted by atomic mass is 10.0. The first kappa shape index (κ1) is 29.8. The Morgan fingerprint density at radius 1 is 0.975 bits per heavy atom. The Morgan fingerprint density at radius 3 is 2.30 bits per heavy atom. The van der Waals surface area contributed by atoms with Crippen LogP contribution in [0.25, 0.3) is 10.9 Å². The monoisotopic (exact) mass is 556 g/mol. The van der Waals surface area contributed by atoms with Crippen LogP contribution in [0.5, 0.6) is 0 Å². The number of aromatic amines is 2. The fourth-order valence-corrected chi connectivity index (χ4v) is 4.05. The van der Waals surface area contributed by atoms with E-state index in [0.717, 1.165) is 10.9 Å². The molecule has 5 atom stereocenters. The number of amides is 4. The van der Waals surface area contributed by atoms with Crippen LogP contribution in [0.3, 0.4) is 0 Å². The highest BCUT2D eigenvalue weighted by Crippen LogP contribution is 2.19. The topological polar surface area (TPSA) is 258 Å². The van der Waals surface area contributed by atoms with Crippen LogP contribution in [0.1, 0.15) is 24.6 Å². The molecule has 4 amide bonds. The Morgan fingerprint density at radius 2 is 1.68 bits per heavy atom. The number of carbonyl (C=O) groups excluding carboxylic acids is 4. The van der Waals surface area contributed by atoms with Crippen LogP contribution >= 0.6 is 0 Å². The number of carboxylic acids is 1. The second-order valence-electron chi connectivity index (χ2n) is 9.31. The third kappa shape index (κ3) is 7.87. The Kier molecular flexibility index (Phi) is 9.94. The molecule has 0 fully saturated rings. The van der Waals surface area contributed by atoms with Crippen LogP contribution < -0.4 is 27.4 Å². The Hall–Kier alpha value is -4.76. The number of hydrogen-bond acceptors (Lipinski definition) is 8. The lowest BCUT2D eigenvalue weighted by Gasteiger charge is -2.26. The van der Waals surface area contributed by atoms with Gasteiger partial charge in [0.25, 0.3) is 0 Å². The van der Waals surface area contributed by atoms with Crippen LogP contribution in [-0.2, 0) is 36.8 Å².